The van der Waals surface area contributed by atoms with Gasteiger partial charge in [0.2, 0.25) is 0 Å². The van der Waals surface area contributed by atoms with Crippen LogP contribution in [0.1, 0.15) is 17.1 Å². The lowest BCUT2D eigenvalue weighted by molar-refractivity contribution is 0.832. The van der Waals surface area contributed by atoms with Crippen LogP contribution in [-0.2, 0) is 0 Å². The van der Waals surface area contributed by atoms with Gasteiger partial charge in [-0.1, -0.05) is 0 Å². The monoisotopic (exact) mass is 161 g/mol. The number of rotatable bonds is 0. The van der Waals surface area contributed by atoms with E-state index in [0.29, 0.717) is 0 Å². The molecule has 0 saturated heterocycles. The largest absolute Gasteiger partial charge is 0.238 e. The van der Waals surface area contributed by atoms with E-state index in [-0.39, 0.29) is 0 Å². The van der Waals surface area contributed by atoms with Crippen LogP contribution in [0.4, 0.5) is 0 Å². The van der Waals surface area contributed by atoms with Gasteiger partial charge in [-0.15, -0.1) is 0 Å². The van der Waals surface area contributed by atoms with Crippen molar-refractivity contribution in [1.82, 2.24) is 14.6 Å². The Hall–Kier alpha value is -1.38. The second kappa shape index (κ2) is 2.30. The maximum Gasteiger partial charge on any atom is 0.146 e. The molecule has 0 fully saturated rings. The summed E-state index contributed by atoms with van der Waals surface area (Å²) >= 11 is 0. The lowest BCUT2D eigenvalue weighted by Crippen LogP contribution is -1.97. The zero-order valence-corrected chi connectivity index (χ0v) is 7.50. The van der Waals surface area contributed by atoms with E-state index in [2.05, 4.69) is 23.1 Å². The Labute approximate surface area is 71.1 Å². The van der Waals surface area contributed by atoms with Gasteiger partial charge >= 0.3 is 0 Å². The van der Waals surface area contributed by atoms with E-state index in [1.165, 1.54) is 5.56 Å². The minimum Gasteiger partial charge on any atom is -0.238 e. The first-order valence-corrected chi connectivity index (χ1v) is 3.97. The molecule has 3 heteroatoms. The molecule has 0 atom stereocenters. The quantitative estimate of drug-likeness (QED) is 0.588. The van der Waals surface area contributed by atoms with Gasteiger partial charge in [-0.05, 0) is 32.4 Å². The summed E-state index contributed by atoms with van der Waals surface area (Å²) in [7, 11) is 0. The number of hydrogen-bond acceptors (Lipinski definition) is 2. The molecule has 2 aromatic heterocycles. The van der Waals surface area contributed by atoms with Crippen LogP contribution < -0.4 is 0 Å². The molecule has 0 bridgehead atoms. The van der Waals surface area contributed by atoms with Crippen molar-refractivity contribution < 1.29 is 0 Å². The van der Waals surface area contributed by atoms with Crippen LogP contribution in [0, 0.1) is 20.8 Å². The number of aromatic nitrogens is 3. The van der Waals surface area contributed by atoms with Gasteiger partial charge < -0.3 is 0 Å². The molecular weight excluding hydrogens is 150 g/mol. The van der Waals surface area contributed by atoms with E-state index < -0.39 is 0 Å². The molecular formula is C9H11N3. The predicted octanol–water partition coefficient (Wildman–Crippen LogP) is 1.65. The number of hydrogen-bond donors (Lipinski definition) is 0. The van der Waals surface area contributed by atoms with Gasteiger partial charge in [-0.2, -0.15) is 5.10 Å². The molecule has 0 aromatic carbocycles. The van der Waals surface area contributed by atoms with E-state index in [1.54, 1.807) is 0 Å². The molecule has 0 radical (unpaired) electrons. The van der Waals surface area contributed by atoms with E-state index >= 15 is 0 Å². The third kappa shape index (κ3) is 0.897. The molecule has 0 amide bonds. The van der Waals surface area contributed by atoms with Crippen LogP contribution in [-0.4, -0.2) is 14.6 Å². The molecule has 62 valence electrons. The molecule has 0 aliphatic rings. The van der Waals surface area contributed by atoms with Crippen molar-refractivity contribution in [3.05, 3.63) is 29.3 Å². The van der Waals surface area contributed by atoms with Crippen molar-refractivity contribution in [3.63, 3.8) is 0 Å². The van der Waals surface area contributed by atoms with E-state index in [4.69, 9.17) is 0 Å². The average Bonchev–Trinajstić information content (AvgIpc) is 2.28. The highest BCUT2D eigenvalue weighted by molar-refractivity contribution is 5.54. The van der Waals surface area contributed by atoms with Crippen LogP contribution >= 0.6 is 0 Å². The SMILES string of the molecule is Cc1ncc2c(C)cc(C)n2n1. The Morgan fingerprint density at radius 1 is 1.25 bits per heavy atom. The minimum absolute atomic E-state index is 0.807. The fourth-order valence-corrected chi connectivity index (χ4v) is 1.42. The van der Waals surface area contributed by atoms with Crippen LogP contribution in [0.2, 0.25) is 0 Å². The summed E-state index contributed by atoms with van der Waals surface area (Å²) in [5.41, 5.74) is 3.48. The van der Waals surface area contributed by atoms with Gasteiger partial charge in [0, 0.05) is 5.69 Å². The van der Waals surface area contributed by atoms with Gasteiger partial charge in [0.05, 0.1) is 11.7 Å². The lowest BCUT2D eigenvalue weighted by atomic mass is 10.3. The Balaban J connectivity index is 2.90. The van der Waals surface area contributed by atoms with Crippen molar-refractivity contribution in [2.45, 2.75) is 20.8 Å². The van der Waals surface area contributed by atoms with Gasteiger partial charge in [0.15, 0.2) is 0 Å². The van der Waals surface area contributed by atoms with Crippen LogP contribution in [0.3, 0.4) is 0 Å². The zero-order valence-electron chi connectivity index (χ0n) is 7.50. The van der Waals surface area contributed by atoms with Crippen LogP contribution in [0.25, 0.3) is 5.52 Å². The fourth-order valence-electron chi connectivity index (χ4n) is 1.42. The Bertz CT molecular complexity index is 429. The maximum absolute atomic E-state index is 4.30. The maximum atomic E-state index is 4.30. The molecule has 0 saturated carbocycles. The van der Waals surface area contributed by atoms with Gasteiger partial charge in [-0.3, -0.25) is 0 Å². The zero-order chi connectivity index (χ0) is 8.72. The molecule has 2 aromatic rings. The lowest BCUT2D eigenvalue weighted by Gasteiger charge is -1.97. The number of fused-ring (bicyclic) bond motifs is 1. The fraction of sp³-hybridized carbons (Fsp3) is 0.333. The van der Waals surface area contributed by atoms with Gasteiger partial charge in [0.1, 0.15) is 5.82 Å². The highest BCUT2D eigenvalue weighted by Gasteiger charge is 2.02. The first kappa shape index (κ1) is 7.28. The second-order valence-corrected chi connectivity index (χ2v) is 3.07. The van der Waals surface area contributed by atoms with Crippen molar-refractivity contribution in [1.29, 1.82) is 0 Å². The van der Waals surface area contributed by atoms with Crippen molar-refractivity contribution in [2.75, 3.05) is 0 Å². The highest BCUT2D eigenvalue weighted by Crippen LogP contribution is 2.12. The summed E-state index contributed by atoms with van der Waals surface area (Å²) < 4.78 is 1.93. The number of aryl methyl sites for hydroxylation is 3. The van der Waals surface area contributed by atoms with E-state index in [1.807, 2.05) is 24.6 Å². The molecule has 3 nitrogen and oxygen atoms in total. The summed E-state index contributed by atoms with van der Waals surface area (Å²) in [5.74, 6) is 0.807. The molecule has 2 heterocycles. The van der Waals surface area contributed by atoms with Crippen molar-refractivity contribution in [2.24, 2.45) is 0 Å². The van der Waals surface area contributed by atoms with Crippen LogP contribution in [0.15, 0.2) is 12.3 Å². The Morgan fingerprint density at radius 3 is 2.75 bits per heavy atom. The summed E-state index contributed by atoms with van der Waals surface area (Å²) in [6.45, 7) is 6.02. The first-order chi connectivity index (χ1) is 5.68. The second-order valence-electron chi connectivity index (χ2n) is 3.07. The van der Waals surface area contributed by atoms with E-state index in [9.17, 15) is 0 Å². The highest BCUT2D eigenvalue weighted by atomic mass is 15.2. The standard InChI is InChI=1S/C9H11N3/c1-6-4-7(2)12-9(6)5-10-8(3)11-12/h4-5H,1-3H3. The minimum atomic E-state index is 0.807. The average molecular weight is 161 g/mol. The van der Waals surface area contributed by atoms with Gasteiger partial charge in [0.25, 0.3) is 0 Å². The number of nitrogens with zero attached hydrogens (tertiary/aromatic N) is 3. The molecule has 0 N–H and O–H groups in total. The smallest absolute Gasteiger partial charge is 0.146 e. The third-order valence-corrected chi connectivity index (χ3v) is 2.01. The summed E-state index contributed by atoms with van der Waals surface area (Å²) in [5, 5.41) is 4.30. The molecule has 0 aliphatic carbocycles. The molecule has 0 unspecified atom stereocenters. The first-order valence-electron chi connectivity index (χ1n) is 3.97. The van der Waals surface area contributed by atoms with Crippen molar-refractivity contribution >= 4 is 5.52 Å². The third-order valence-electron chi connectivity index (χ3n) is 2.01. The molecule has 0 spiro atoms. The normalized spacial score (nSPS) is 10.9. The summed E-state index contributed by atoms with van der Waals surface area (Å²) in [6, 6.07) is 2.11. The molecule has 0 aliphatic heterocycles. The Kier molecular flexibility index (Phi) is 1.40. The molecule has 2 rings (SSSR count). The predicted molar refractivity (Wildman–Crippen MR) is 47.2 cm³/mol. The molecule has 12 heavy (non-hydrogen) atoms. The van der Waals surface area contributed by atoms with Crippen molar-refractivity contribution in [3.8, 4) is 0 Å². The summed E-state index contributed by atoms with van der Waals surface area (Å²) in [4.78, 5) is 4.15. The topological polar surface area (TPSA) is 30.2 Å². The van der Waals surface area contributed by atoms with E-state index in [0.717, 1.165) is 17.0 Å². The van der Waals surface area contributed by atoms with Crippen LogP contribution in [0.5, 0.6) is 0 Å². The summed E-state index contributed by atoms with van der Waals surface area (Å²) in [6.07, 6.45) is 1.87. The van der Waals surface area contributed by atoms with Gasteiger partial charge in [-0.25, -0.2) is 9.50 Å². The Morgan fingerprint density at radius 2 is 2.00 bits per heavy atom.